The van der Waals surface area contributed by atoms with Gasteiger partial charge < -0.3 is 10.2 Å². The van der Waals surface area contributed by atoms with E-state index in [1.807, 2.05) is 30.3 Å². The van der Waals surface area contributed by atoms with Crippen molar-refractivity contribution < 1.29 is 9.35 Å². The van der Waals surface area contributed by atoms with Crippen LogP contribution in [0.3, 0.4) is 0 Å². The maximum absolute atomic E-state index is 10.6. The molecule has 0 spiro atoms. The molecule has 6 heteroatoms. The van der Waals surface area contributed by atoms with Gasteiger partial charge in [0, 0.05) is 18.3 Å². The molecule has 19 heavy (non-hydrogen) atoms. The fourth-order valence-corrected chi connectivity index (χ4v) is 3.37. The average molecular weight is 274 g/mol. The van der Waals surface area contributed by atoms with E-state index in [1.165, 1.54) is 12.1 Å². The van der Waals surface area contributed by atoms with E-state index in [1.54, 1.807) is 12.1 Å². The summed E-state index contributed by atoms with van der Waals surface area (Å²) >= 11 is 0. The lowest BCUT2D eigenvalue weighted by atomic mass is 10.3. The van der Waals surface area contributed by atoms with Crippen LogP contribution in [-0.2, 0) is 0 Å². The van der Waals surface area contributed by atoms with Crippen LogP contribution in [0.25, 0.3) is 0 Å². The van der Waals surface area contributed by atoms with Gasteiger partial charge in [0.25, 0.3) is 14.7 Å². The van der Waals surface area contributed by atoms with Crippen LogP contribution < -0.4 is 15.3 Å². The molecule has 1 atom stereocenters. The molecule has 2 aromatic rings. The Morgan fingerprint density at radius 3 is 2.26 bits per heavy atom. The number of benzene rings is 2. The van der Waals surface area contributed by atoms with E-state index >= 15 is 0 Å². The Labute approximate surface area is 112 Å². The number of hydrogen-bond acceptors (Lipinski definition) is 4. The van der Waals surface area contributed by atoms with Crippen molar-refractivity contribution in [2.24, 2.45) is 5.73 Å². The molecule has 0 bridgehead atoms. The molecule has 0 aliphatic heterocycles. The first-order valence-electron chi connectivity index (χ1n) is 5.87. The summed E-state index contributed by atoms with van der Waals surface area (Å²) in [5.41, 5.74) is 5.81. The molecule has 98 valence electrons. The fourth-order valence-electron chi connectivity index (χ4n) is 1.73. The van der Waals surface area contributed by atoms with Crippen molar-refractivity contribution >= 4 is 19.9 Å². The van der Waals surface area contributed by atoms with Gasteiger partial charge in [-0.05, 0) is 17.3 Å². The number of non-ortho nitro benzene ring substituents is 1. The normalized spacial score (nSPS) is 11.8. The monoisotopic (exact) mass is 274 g/mol. The van der Waals surface area contributed by atoms with Gasteiger partial charge in [0.1, 0.15) is 5.75 Å². The van der Waals surface area contributed by atoms with Crippen LogP contribution in [0.1, 0.15) is 0 Å². The van der Waals surface area contributed by atoms with Crippen molar-refractivity contribution in [2.45, 2.75) is 0 Å². The van der Waals surface area contributed by atoms with Crippen LogP contribution in [0.5, 0.6) is 5.75 Å². The molecule has 0 radical (unpaired) electrons. The van der Waals surface area contributed by atoms with E-state index in [0.717, 1.165) is 5.19 Å². The highest BCUT2D eigenvalue weighted by Gasteiger charge is 2.15. The van der Waals surface area contributed by atoms with Crippen molar-refractivity contribution in [1.82, 2.24) is 0 Å². The molecule has 0 aromatic heterocycles. The second-order valence-corrected chi connectivity index (χ2v) is 6.35. The Morgan fingerprint density at radius 2 is 1.74 bits per heavy atom. The third-order valence-electron chi connectivity index (χ3n) is 2.71. The van der Waals surface area contributed by atoms with Gasteiger partial charge in [-0.1, -0.05) is 30.3 Å². The van der Waals surface area contributed by atoms with Crippen LogP contribution in [0.2, 0.25) is 0 Å². The first-order valence-corrected chi connectivity index (χ1v) is 7.73. The van der Waals surface area contributed by atoms with Gasteiger partial charge in [0.05, 0.1) is 4.92 Å². The molecule has 0 saturated carbocycles. The summed E-state index contributed by atoms with van der Waals surface area (Å²) in [4.78, 5) is 10.1. The molecule has 1 unspecified atom stereocenters. The molecule has 0 aliphatic rings. The molecule has 0 aliphatic carbocycles. The SMILES string of the molecule is NC[SiH](Oc1ccc([N+](=O)[O-])cc1)c1ccccc1. The Bertz CT molecular complexity index is 546. The van der Waals surface area contributed by atoms with E-state index in [9.17, 15) is 10.1 Å². The number of nitrogens with two attached hydrogens (primary N) is 1. The van der Waals surface area contributed by atoms with E-state index in [4.69, 9.17) is 10.2 Å². The molecule has 0 saturated heterocycles. The summed E-state index contributed by atoms with van der Waals surface area (Å²) in [7, 11) is -1.73. The van der Waals surface area contributed by atoms with Gasteiger partial charge in [0.2, 0.25) is 0 Å². The summed E-state index contributed by atoms with van der Waals surface area (Å²) in [6.07, 6.45) is 0.473. The van der Waals surface area contributed by atoms with Gasteiger partial charge in [-0.25, -0.2) is 0 Å². The zero-order chi connectivity index (χ0) is 13.7. The predicted octanol–water partition coefficient (Wildman–Crippen LogP) is 1.10. The third-order valence-corrected chi connectivity index (χ3v) is 4.82. The van der Waals surface area contributed by atoms with Crippen LogP contribution in [-0.4, -0.2) is 20.1 Å². The maximum Gasteiger partial charge on any atom is 0.280 e. The Morgan fingerprint density at radius 1 is 1.11 bits per heavy atom. The summed E-state index contributed by atoms with van der Waals surface area (Å²) in [6, 6.07) is 15.9. The highest BCUT2D eigenvalue weighted by atomic mass is 28.3. The highest BCUT2D eigenvalue weighted by molar-refractivity contribution is 6.68. The van der Waals surface area contributed by atoms with E-state index in [0.29, 0.717) is 11.9 Å². The molecular formula is C13H14N2O3Si. The van der Waals surface area contributed by atoms with Gasteiger partial charge in [0.15, 0.2) is 0 Å². The van der Waals surface area contributed by atoms with Crippen molar-refractivity contribution in [3.8, 4) is 5.75 Å². The molecule has 2 aromatic carbocycles. The number of nitro benzene ring substituents is 1. The molecular weight excluding hydrogens is 260 g/mol. The Kier molecular flexibility index (Phi) is 4.27. The quantitative estimate of drug-likeness (QED) is 0.503. The van der Waals surface area contributed by atoms with Crippen LogP contribution >= 0.6 is 0 Å². The minimum Gasteiger partial charge on any atom is -0.541 e. The lowest BCUT2D eigenvalue weighted by Gasteiger charge is -2.16. The second kappa shape index (κ2) is 6.12. The Hall–Kier alpha value is -2.18. The largest absolute Gasteiger partial charge is 0.541 e. The highest BCUT2D eigenvalue weighted by Crippen LogP contribution is 2.17. The third kappa shape index (κ3) is 3.40. The standard InChI is InChI=1S/C13H14N2O3Si/c14-10-19(13-4-2-1-3-5-13)18-12-8-6-11(7-9-12)15(16)17/h1-9,19H,10,14H2. The lowest BCUT2D eigenvalue weighted by Crippen LogP contribution is -2.43. The zero-order valence-corrected chi connectivity index (χ0v) is 11.4. The van der Waals surface area contributed by atoms with Gasteiger partial charge in [-0.3, -0.25) is 10.1 Å². The van der Waals surface area contributed by atoms with Crippen molar-refractivity contribution in [3.05, 3.63) is 64.7 Å². The van der Waals surface area contributed by atoms with Crippen molar-refractivity contribution in [3.63, 3.8) is 0 Å². The van der Waals surface area contributed by atoms with Gasteiger partial charge >= 0.3 is 0 Å². The molecule has 2 rings (SSSR count). The smallest absolute Gasteiger partial charge is 0.280 e. The Balaban J connectivity index is 2.12. The summed E-state index contributed by atoms with van der Waals surface area (Å²) < 4.78 is 5.88. The minimum atomic E-state index is -1.73. The van der Waals surface area contributed by atoms with Crippen LogP contribution in [0.4, 0.5) is 5.69 Å². The molecule has 2 N–H and O–H groups in total. The average Bonchev–Trinajstić information content (AvgIpc) is 2.46. The van der Waals surface area contributed by atoms with Crippen molar-refractivity contribution in [1.29, 1.82) is 0 Å². The summed E-state index contributed by atoms with van der Waals surface area (Å²) in [6.45, 7) is 0. The van der Waals surface area contributed by atoms with Crippen molar-refractivity contribution in [2.75, 3.05) is 6.17 Å². The zero-order valence-electron chi connectivity index (χ0n) is 10.2. The molecule has 5 nitrogen and oxygen atoms in total. The minimum absolute atomic E-state index is 0.0537. The fraction of sp³-hybridized carbons (Fsp3) is 0.0769. The second-order valence-electron chi connectivity index (χ2n) is 4.00. The topological polar surface area (TPSA) is 78.4 Å². The number of rotatable bonds is 5. The number of nitrogens with zero attached hydrogens (tertiary/aromatic N) is 1. The summed E-state index contributed by atoms with van der Waals surface area (Å²) in [5, 5.41) is 11.7. The number of hydrogen-bond donors (Lipinski definition) is 1. The van der Waals surface area contributed by atoms with E-state index < -0.39 is 14.0 Å². The molecule has 0 fully saturated rings. The van der Waals surface area contributed by atoms with E-state index in [-0.39, 0.29) is 5.69 Å². The van der Waals surface area contributed by atoms with E-state index in [2.05, 4.69) is 0 Å². The molecule has 0 amide bonds. The van der Waals surface area contributed by atoms with Crippen LogP contribution in [0.15, 0.2) is 54.6 Å². The predicted molar refractivity (Wildman–Crippen MR) is 76.0 cm³/mol. The van der Waals surface area contributed by atoms with Gasteiger partial charge in [-0.2, -0.15) is 0 Å². The van der Waals surface area contributed by atoms with Crippen LogP contribution in [0, 0.1) is 10.1 Å². The lowest BCUT2D eigenvalue weighted by molar-refractivity contribution is -0.384. The first kappa shape index (κ1) is 13.3. The maximum atomic E-state index is 10.6. The first-order chi connectivity index (χ1) is 9.20. The number of nitro groups is 1. The summed E-state index contributed by atoms with van der Waals surface area (Å²) in [5.74, 6) is 0.622. The molecule has 0 heterocycles. The van der Waals surface area contributed by atoms with Gasteiger partial charge in [-0.15, -0.1) is 0 Å².